The molecular formula is C27H31N3O3. The highest BCUT2D eigenvalue weighted by Crippen LogP contribution is 2.43. The molecule has 172 valence electrons. The van der Waals surface area contributed by atoms with Crippen molar-refractivity contribution >= 4 is 22.7 Å². The predicted molar refractivity (Wildman–Crippen MR) is 131 cm³/mol. The van der Waals surface area contributed by atoms with E-state index in [1.807, 2.05) is 57.2 Å². The van der Waals surface area contributed by atoms with Crippen molar-refractivity contribution in [1.82, 2.24) is 4.57 Å². The fraction of sp³-hybridized carbons (Fsp3) is 0.407. The van der Waals surface area contributed by atoms with Crippen molar-refractivity contribution in [2.24, 2.45) is 0 Å². The Labute approximate surface area is 195 Å². The average molecular weight is 446 g/mol. The number of rotatable bonds is 8. The van der Waals surface area contributed by atoms with Crippen LogP contribution in [-0.2, 0) is 4.74 Å². The predicted octanol–water partition coefficient (Wildman–Crippen LogP) is 6.68. The lowest BCUT2D eigenvalue weighted by Gasteiger charge is -2.30. The Morgan fingerprint density at radius 1 is 1.15 bits per heavy atom. The van der Waals surface area contributed by atoms with Crippen molar-refractivity contribution in [2.45, 2.75) is 52.5 Å². The molecule has 3 aromatic rings. The Balaban J connectivity index is 1.79. The van der Waals surface area contributed by atoms with E-state index in [9.17, 15) is 10.1 Å². The molecule has 1 heterocycles. The molecule has 1 saturated carbocycles. The smallest absolute Gasteiger partial charge is 0.414 e. The first-order chi connectivity index (χ1) is 16.1. The molecular weight excluding hydrogens is 414 g/mol. The number of fused-ring (bicyclic) bond motifs is 1. The lowest BCUT2D eigenvalue weighted by molar-refractivity contribution is 0.154. The van der Waals surface area contributed by atoms with Crippen molar-refractivity contribution in [1.29, 1.82) is 5.26 Å². The molecule has 0 N–H and O–H groups in total. The quantitative estimate of drug-likeness (QED) is 0.388. The van der Waals surface area contributed by atoms with Gasteiger partial charge < -0.3 is 14.0 Å². The van der Waals surface area contributed by atoms with Gasteiger partial charge in [-0.25, -0.2) is 4.79 Å². The summed E-state index contributed by atoms with van der Waals surface area (Å²) < 4.78 is 13.4. The summed E-state index contributed by atoms with van der Waals surface area (Å²) in [5, 5.41) is 11.1. The summed E-state index contributed by atoms with van der Waals surface area (Å²) in [6.45, 7) is 7.41. The first-order valence-corrected chi connectivity index (χ1v) is 11.9. The molecule has 1 fully saturated rings. The molecule has 6 nitrogen and oxygen atoms in total. The molecule has 1 amide bonds. The van der Waals surface area contributed by atoms with Crippen LogP contribution in [0.2, 0.25) is 0 Å². The summed E-state index contributed by atoms with van der Waals surface area (Å²) in [4.78, 5) is 14.1. The Bertz CT molecular complexity index is 1170. The van der Waals surface area contributed by atoms with Gasteiger partial charge >= 0.3 is 6.09 Å². The van der Waals surface area contributed by atoms with Crippen LogP contribution < -0.4 is 9.64 Å². The van der Waals surface area contributed by atoms with E-state index >= 15 is 0 Å². The molecule has 0 saturated heterocycles. The number of anilines is 1. The molecule has 1 aliphatic rings. The summed E-state index contributed by atoms with van der Waals surface area (Å²) in [5.74, 6) is 0.818. The highest BCUT2D eigenvalue weighted by Gasteiger charge is 2.28. The number of ether oxygens (including phenoxy) is 2. The van der Waals surface area contributed by atoms with E-state index in [1.54, 1.807) is 4.90 Å². The molecule has 0 aliphatic heterocycles. The fourth-order valence-electron chi connectivity index (χ4n) is 4.45. The molecule has 6 heteroatoms. The number of nitrogens with zero attached hydrogens (tertiary/aromatic N) is 3. The SMILES string of the molecule is CCCOC(=O)N(CC)c1ccc(-c2c(C#N)c3ccc(OCC)cc3n2C2CCC2)cc1. The van der Waals surface area contributed by atoms with Gasteiger partial charge in [0.15, 0.2) is 0 Å². The summed E-state index contributed by atoms with van der Waals surface area (Å²) >= 11 is 0. The van der Waals surface area contributed by atoms with Crippen LogP contribution >= 0.6 is 0 Å². The van der Waals surface area contributed by atoms with E-state index in [0.717, 1.165) is 52.9 Å². The fourth-order valence-corrected chi connectivity index (χ4v) is 4.45. The zero-order valence-electron chi connectivity index (χ0n) is 19.6. The maximum Gasteiger partial charge on any atom is 0.414 e. The van der Waals surface area contributed by atoms with E-state index in [-0.39, 0.29) is 6.09 Å². The second-order valence-corrected chi connectivity index (χ2v) is 8.31. The third-order valence-electron chi connectivity index (χ3n) is 6.26. The number of carbonyl (C=O) groups excluding carboxylic acids is 1. The minimum Gasteiger partial charge on any atom is -0.494 e. The number of nitriles is 1. The van der Waals surface area contributed by atoms with Crippen molar-refractivity contribution in [3.05, 3.63) is 48.0 Å². The van der Waals surface area contributed by atoms with E-state index in [4.69, 9.17) is 9.47 Å². The van der Waals surface area contributed by atoms with Crippen LogP contribution in [0.5, 0.6) is 5.75 Å². The van der Waals surface area contributed by atoms with Gasteiger partial charge in [0.05, 0.1) is 30.0 Å². The Hall–Kier alpha value is -3.46. The van der Waals surface area contributed by atoms with E-state index in [1.165, 1.54) is 6.42 Å². The van der Waals surface area contributed by atoms with Gasteiger partial charge in [0.2, 0.25) is 0 Å². The second kappa shape index (κ2) is 9.99. The van der Waals surface area contributed by atoms with Crippen LogP contribution in [0.4, 0.5) is 10.5 Å². The van der Waals surface area contributed by atoms with Gasteiger partial charge in [0.1, 0.15) is 11.8 Å². The van der Waals surface area contributed by atoms with Gasteiger partial charge in [-0.15, -0.1) is 0 Å². The first kappa shape index (κ1) is 22.7. The van der Waals surface area contributed by atoms with E-state index in [0.29, 0.717) is 31.4 Å². The standard InChI is InChI=1S/C27H31N3O3/c1-4-16-33-27(31)29(5-2)20-12-10-19(11-13-20)26-24(18-28)23-15-14-22(32-6-3)17-25(23)30(26)21-8-7-9-21/h10-15,17,21H,4-9,16H2,1-3H3. The molecule has 1 aromatic heterocycles. The maximum atomic E-state index is 12.4. The minimum atomic E-state index is -0.336. The van der Waals surface area contributed by atoms with Crippen molar-refractivity contribution in [2.75, 3.05) is 24.7 Å². The van der Waals surface area contributed by atoms with Crippen LogP contribution in [0.25, 0.3) is 22.2 Å². The van der Waals surface area contributed by atoms with E-state index in [2.05, 4.69) is 16.7 Å². The highest BCUT2D eigenvalue weighted by atomic mass is 16.6. The Kier molecular flexibility index (Phi) is 6.88. The lowest BCUT2D eigenvalue weighted by atomic mass is 9.92. The van der Waals surface area contributed by atoms with Gasteiger partial charge in [-0.1, -0.05) is 19.1 Å². The number of aromatic nitrogens is 1. The number of hydrogen-bond donors (Lipinski definition) is 0. The summed E-state index contributed by atoms with van der Waals surface area (Å²) in [5.41, 5.74) is 4.41. The Morgan fingerprint density at radius 2 is 1.91 bits per heavy atom. The third kappa shape index (κ3) is 4.28. The molecule has 0 bridgehead atoms. The molecule has 33 heavy (non-hydrogen) atoms. The molecule has 0 atom stereocenters. The number of hydrogen-bond acceptors (Lipinski definition) is 4. The second-order valence-electron chi connectivity index (χ2n) is 8.31. The first-order valence-electron chi connectivity index (χ1n) is 11.9. The van der Waals surface area contributed by atoms with Crippen molar-refractivity contribution < 1.29 is 14.3 Å². The largest absolute Gasteiger partial charge is 0.494 e. The lowest BCUT2D eigenvalue weighted by Crippen LogP contribution is -2.31. The van der Waals surface area contributed by atoms with Crippen LogP contribution in [0, 0.1) is 11.3 Å². The monoisotopic (exact) mass is 445 g/mol. The molecule has 0 radical (unpaired) electrons. The number of carbonyl (C=O) groups is 1. The van der Waals surface area contributed by atoms with Crippen molar-refractivity contribution in [3.8, 4) is 23.1 Å². The number of benzene rings is 2. The summed E-state index contributed by atoms with van der Waals surface area (Å²) in [6, 6.07) is 16.7. The number of amides is 1. The molecule has 2 aromatic carbocycles. The van der Waals surface area contributed by atoms with Gasteiger partial charge in [-0.05, 0) is 69.4 Å². The van der Waals surface area contributed by atoms with Gasteiger partial charge in [-0.3, -0.25) is 4.90 Å². The zero-order valence-corrected chi connectivity index (χ0v) is 19.6. The maximum absolute atomic E-state index is 12.4. The van der Waals surface area contributed by atoms with Crippen LogP contribution in [0.3, 0.4) is 0 Å². The van der Waals surface area contributed by atoms with Crippen molar-refractivity contribution in [3.63, 3.8) is 0 Å². The normalized spacial score (nSPS) is 13.4. The minimum absolute atomic E-state index is 0.336. The molecule has 4 rings (SSSR count). The Morgan fingerprint density at radius 3 is 2.48 bits per heavy atom. The molecule has 0 spiro atoms. The van der Waals surface area contributed by atoms with Gasteiger partial charge in [0, 0.05) is 29.7 Å². The van der Waals surface area contributed by atoms with Crippen LogP contribution in [-0.4, -0.2) is 30.4 Å². The van der Waals surface area contributed by atoms with Gasteiger partial charge in [-0.2, -0.15) is 5.26 Å². The van der Waals surface area contributed by atoms with Crippen LogP contribution in [0.1, 0.15) is 58.1 Å². The zero-order chi connectivity index (χ0) is 23.4. The topological polar surface area (TPSA) is 67.5 Å². The van der Waals surface area contributed by atoms with E-state index < -0.39 is 0 Å². The highest BCUT2D eigenvalue weighted by molar-refractivity contribution is 5.96. The van der Waals surface area contributed by atoms with Crippen LogP contribution in [0.15, 0.2) is 42.5 Å². The third-order valence-corrected chi connectivity index (χ3v) is 6.26. The average Bonchev–Trinajstić information content (AvgIpc) is 3.11. The summed E-state index contributed by atoms with van der Waals surface area (Å²) in [6.07, 6.45) is 3.85. The van der Waals surface area contributed by atoms with Gasteiger partial charge in [0.25, 0.3) is 0 Å². The molecule has 1 aliphatic carbocycles. The molecule has 0 unspecified atom stereocenters. The summed E-state index contributed by atoms with van der Waals surface area (Å²) in [7, 11) is 0.